The summed E-state index contributed by atoms with van der Waals surface area (Å²) >= 11 is 0. The van der Waals surface area contributed by atoms with E-state index >= 15 is 0 Å². The second kappa shape index (κ2) is 6.58. The van der Waals surface area contributed by atoms with Gasteiger partial charge in [0.15, 0.2) is 11.8 Å². The molecule has 0 amide bonds. The second-order valence-corrected chi connectivity index (χ2v) is 7.72. The quantitative estimate of drug-likeness (QED) is 0.363. The maximum absolute atomic E-state index is 12.3. The summed E-state index contributed by atoms with van der Waals surface area (Å²) in [5, 5.41) is 11.9. The van der Waals surface area contributed by atoms with Crippen LogP contribution in [0.15, 0.2) is 29.2 Å². The third kappa shape index (κ3) is 4.28. The van der Waals surface area contributed by atoms with Crippen molar-refractivity contribution >= 4 is 16.2 Å². The van der Waals surface area contributed by atoms with E-state index in [1.165, 1.54) is 22.7 Å². The lowest BCUT2D eigenvalue weighted by molar-refractivity contribution is -0.530. The van der Waals surface area contributed by atoms with Crippen molar-refractivity contribution in [2.24, 2.45) is 0 Å². The summed E-state index contributed by atoms with van der Waals surface area (Å²) in [5.74, 6) is 0. The van der Waals surface area contributed by atoms with Crippen molar-refractivity contribution in [3.8, 4) is 0 Å². The fourth-order valence-electron chi connectivity index (χ4n) is 1.77. The highest BCUT2D eigenvalue weighted by Crippen LogP contribution is 2.16. The first-order chi connectivity index (χ1) is 9.62. The van der Waals surface area contributed by atoms with Gasteiger partial charge in [-0.25, -0.2) is 13.2 Å². The third-order valence-electron chi connectivity index (χ3n) is 3.15. The van der Waals surface area contributed by atoms with E-state index in [1.807, 2.05) is 34.6 Å². The Labute approximate surface area is 127 Å². The first-order valence-corrected chi connectivity index (χ1v) is 8.48. The topological polar surface area (TPSA) is 63.5 Å². The van der Waals surface area contributed by atoms with Crippen LogP contribution >= 0.6 is 0 Å². The molecule has 0 heterocycles. The Morgan fingerprint density at radius 2 is 1.62 bits per heavy atom. The molecule has 1 aromatic carbocycles. The molecule has 0 fully saturated rings. The Bertz CT molecular complexity index is 595. The summed E-state index contributed by atoms with van der Waals surface area (Å²) < 4.78 is 26.9. The summed E-state index contributed by atoms with van der Waals surface area (Å²) in [6, 6.07) is 6.37. The predicted octanol–water partition coefficient (Wildman–Crippen LogP) is 2.44. The average Bonchev–Trinajstić information content (AvgIpc) is 2.39. The number of hydroxylamine groups is 1. The summed E-state index contributed by atoms with van der Waals surface area (Å²) in [5.41, 5.74) is 0.157. The molecule has 1 rings (SSSR count). The number of hydrogen-bond acceptors (Lipinski definition) is 3. The van der Waals surface area contributed by atoms with Gasteiger partial charge in [0.05, 0.1) is 4.90 Å². The molecule has 0 bridgehead atoms. The van der Waals surface area contributed by atoms with Crippen LogP contribution in [0.25, 0.3) is 0 Å². The molecular formula is C15H24N2O3S. The van der Waals surface area contributed by atoms with Crippen molar-refractivity contribution in [1.29, 1.82) is 0 Å². The zero-order chi connectivity index (χ0) is 16.3. The molecule has 0 spiro atoms. The van der Waals surface area contributed by atoms with E-state index in [0.717, 1.165) is 4.74 Å². The molecule has 0 saturated carbocycles. The Balaban J connectivity index is 3.09. The summed E-state index contributed by atoms with van der Waals surface area (Å²) in [7, 11) is -3.45. The van der Waals surface area contributed by atoms with Gasteiger partial charge in [0.25, 0.3) is 0 Å². The number of hydrogen-bond donors (Lipinski definition) is 0. The highest BCUT2D eigenvalue weighted by Gasteiger charge is 2.22. The maximum Gasteiger partial charge on any atom is 0.243 e. The Hall–Kier alpha value is -1.40. The van der Waals surface area contributed by atoms with E-state index in [0.29, 0.717) is 18.7 Å². The Morgan fingerprint density at radius 1 is 1.14 bits per heavy atom. The summed E-state index contributed by atoms with van der Waals surface area (Å²) in [6.45, 7) is 9.93. The lowest BCUT2D eigenvalue weighted by Crippen LogP contribution is -2.30. The molecule has 21 heavy (non-hydrogen) atoms. The van der Waals surface area contributed by atoms with E-state index in [9.17, 15) is 13.6 Å². The van der Waals surface area contributed by atoms with Crippen molar-refractivity contribution in [3.63, 3.8) is 0 Å². The van der Waals surface area contributed by atoms with E-state index in [2.05, 4.69) is 0 Å². The van der Waals surface area contributed by atoms with Gasteiger partial charge in [-0.3, -0.25) is 0 Å². The highest BCUT2D eigenvalue weighted by molar-refractivity contribution is 7.89. The van der Waals surface area contributed by atoms with Crippen LogP contribution in [-0.4, -0.2) is 42.3 Å². The Morgan fingerprint density at radius 3 is 2.00 bits per heavy atom. The van der Waals surface area contributed by atoms with Gasteiger partial charge in [0.1, 0.15) is 0 Å². The molecule has 0 N–H and O–H groups in total. The van der Waals surface area contributed by atoms with E-state index in [1.54, 1.807) is 12.1 Å². The number of benzene rings is 1. The summed E-state index contributed by atoms with van der Waals surface area (Å²) in [6.07, 6.45) is 1.47. The van der Waals surface area contributed by atoms with Crippen LogP contribution < -0.4 is 0 Å². The highest BCUT2D eigenvalue weighted by atomic mass is 32.2. The fraction of sp³-hybridized carbons (Fsp3) is 0.533. The number of sulfonamides is 1. The molecule has 118 valence electrons. The number of rotatable bonds is 5. The standard InChI is InChI=1S/C15H24N2O3S/c1-6-16(7-2)21(19,20)14-10-8-13(9-11-14)12-17(18)15(3,4)5/h8-12H,6-7H2,1-5H3. The van der Waals surface area contributed by atoms with Gasteiger partial charge in [0, 0.05) is 39.4 Å². The SMILES string of the molecule is CCN(CC)S(=O)(=O)c1ccc(C=[N+]([O-])C(C)(C)C)cc1. The van der Waals surface area contributed by atoms with Crippen molar-refractivity contribution < 1.29 is 13.2 Å². The van der Waals surface area contributed by atoms with E-state index in [-0.39, 0.29) is 4.90 Å². The number of nitrogens with zero attached hydrogens (tertiary/aromatic N) is 2. The van der Waals surface area contributed by atoms with Crippen LogP contribution in [0.1, 0.15) is 40.2 Å². The van der Waals surface area contributed by atoms with Crippen molar-refractivity contribution in [3.05, 3.63) is 35.0 Å². The molecule has 0 radical (unpaired) electrons. The second-order valence-electron chi connectivity index (χ2n) is 5.78. The van der Waals surface area contributed by atoms with Crippen LogP contribution in [0, 0.1) is 5.21 Å². The minimum atomic E-state index is -3.45. The molecule has 1 aromatic rings. The molecular weight excluding hydrogens is 288 g/mol. The maximum atomic E-state index is 12.3. The molecule has 0 aliphatic rings. The molecule has 0 aliphatic heterocycles. The van der Waals surface area contributed by atoms with Gasteiger partial charge in [-0.2, -0.15) is 4.31 Å². The molecule has 0 aromatic heterocycles. The largest absolute Gasteiger partial charge is 0.623 e. The average molecular weight is 312 g/mol. The van der Waals surface area contributed by atoms with Crippen LogP contribution in [0.5, 0.6) is 0 Å². The van der Waals surface area contributed by atoms with Gasteiger partial charge in [-0.15, -0.1) is 0 Å². The van der Waals surface area contributed by atoms with E-state index in [4.69, 9.17) is 0 Å². The van der Waals surface area contributed by atoms with Crippen LogP contribution in [0.4, 0.5) is 0 Å². The zero-order valence-electron chi connectivity index (χ0n) is 13.3. The molecule has 0 unspecified atom stereocenters. The van der Waals surface area contributed by atoms with Crippen molar-refractivity contribution in [2.75, 3.05) is 13.1 Å². The van der Waals surface area contributed by atoms with Gasteiger partial charge in [-0.05, 0) is 24.3 Å². The smallest absolute Gasteiger partial charge is 0.243 e. The van der Waals surface area contributed by atoms with E-state index < -0.39 is 15.6 Å². The minimum Gasteiger partial charge on any atom is -0.623 e. The van der Waals surface area contributed by atoms with Gasteiger partial charge in [0.2, 0.25) is 10.0 Å². The molecule has 0 aliphatic carbocycles. The predicted molar refractivity (Wildman–Crippen MR) is 85.1 cm³/mol. The van der Waals surface area contributed by atoms with Gasteiger partial charge in [-0.1, -0.05) is 13.8 Å². The summed E-state index contributed by atoms with van der Waals surface area (Å²) in [4.78, 5) is 0.247. The third-order valence-corrected chi connectivity index (χ3v) is 5.21. The van der Waals surface area contributed by atoms with Crippen molar-refractivity contribution in [1.82, 2.24) is 4.31 Å². The van der Waals surface area contributed by atoms with Gasteiger partial charge < -0.3 is 5.21 Å². The lowest BCUT2D eigenvalue weighted by atomic mass is 10.1. The first-order valence-electron chi connectivity index (χ1n) is 7.04. The Kier molecular flexibility index (Phi) is 5.53. The monoisotopic (exact) mass is 312 g/mol. The molecule has 6 heteroatoms. The zero-order valence-corrected chi connectivity index (χ0v) is 14.1. The van der Waals surface area contributed by atoms with Gasteiger partial charge >= 0.3 is 0 Å². The lowest BCUT2D eigenvalue weighted by Gasteiger charge is -2.19. The van der Waals surface area contributed by atoms with Crippen LogP contribution in [-0.2, 0) is 10.0 Å². The fourth-order valence-corrected chi connectivity index (χ4v) is 3.23. The van der Waals surface area contributed by atoms with Crippen LogP contribution in [0.3, 0.4) is 0 Å². The molecule has 5 nitrogen and oxygen atoms in total. The normalized spacial score (nSPS) is 13.7. The van der Waals surface area contributed by atoms with Crippen LogP contribution in [0.2, 0.25) is 0 Å². The first kappa shape index (κ1) is 17.7. The minimum absolute atomic E-state index is 0.247. The molecule has 0 saturated heterocycles. The van der Waals surface area contributed by atoms with Crippen molar-refractivity contribution in [2.45, 2.75) is 45.1 Å². The molecule has 0 atom stereocenters.